The number of benzene rings is 3. The Morgan fingerprint density at radius 1 is 1.04 bits per heavy atom. The average Bonchev–Trinajstić information content (AvgIpc) is 2.91. The molecule has 0 spiro atoms. The Labute approximate surface area is 152 Å². The quantitative estimate of drug-likeness (QED) is 0.549. The van der Waals surface area contributed by atoms with Crippen LogP contribution in [0.1, 0.15) is 15.9 Å². The number of aromatic nitrogens is 1. The van der Waals surface area contributed by atoms with Crippen LogP contribution >= 0.6 is 11.6 Å². The van der Waals surface area contributed by atoms with Crippen molar-refractivity contribution in [3.8, 4) is 0 Å². The maximum absolute atomic E-state index is 14.3. The van der Waals surface area contributed by atoms with Crippen LogP contribution in [0.2, 0.25) is 5.02 Å². The van der Waals surface area contributed by atoms with Gasteiger partial charge in [0.15, 0.2) is 0 Å². The lowest BCUT2D eigenvalue weighted by atomic mass is 10.1. The van der Waals surface area contributed by atoms with Gasteiger partial charge in [-0.3, -0.25) is 4.79 Å². The van der Waals surface area contributed by atoms with E-state index < -0.39 is 17.5 Å². The number of hydrogen-bond acceptors (Lipinski definition) is 1. The zero-order valence-electron chi connectivity index (χ0n) is 13.5. The van der Waals surface area contributed by atoms with Crippen molar-refractivity contribution in [3.05, 3.63) is 82.4 Å². The van der Waals surface area contributed by atoms with Crippen LogP contribution in [-0.2, 0) is 6.54 Å². The fraction of sp³-hybridized carbons (Fsp3) is 0.0500. The Balaban J connectivity index is 2.08. The SMILES string of the molecule is NC(=O)c1cccc2c1c1cc(F)ccc1n2Cc1c(F)cccc1Cl. The van der Waals surface area contributed by atoms with Gasteiger partial charge in [0.1, 0.15) is 11.6 Å². The first-order valence-electron chi connectivity index (χ1n) is 7.90. The third kappa shape index (κ3) is 2.52. The van der Waals surface area contributed by atoms with E-state index >= 15 is 0 Å². The fourth-order valence-electron chi connectivity index (χ4n) is 3.34. The van der Waals surface area contributed by atoms with E-state index in [4.69, 9.17) is 17.3 Å². The summed E-state index contributed by atoms with van der Waals surface area (Å²) >= 11 is 6.17. The van der Waals surface area contributed by atoms with Gasteiger partial charge in [-0.05, 0) is 42.5 Å². The molecule has 2 N–H and O–H groups in total. The van der Waals surface area contributed by atoms with E-state index in [2.05, 4.69) is 0 Å². The molecule has 0 saturated carbocycles. The zero-order valence-corrected chi connectivity index (χ0v) is 14.2. The van der Waals surface area contributed by atoms with Crippen molar-refractivity contribution in [3.63, 3.8) is 0 Å². The highest BCUT2D eigenvalue weighted by atomic mass is 35.5. The summed E-state index contributed by atoms with van der Waals surface area (Å²) in [5.74, 6) is -1.47. The molecule has 1 amide bonds. The molecule has 3 nitrogen and oxygen atoms in total. The van der Waals surface area contributed by atoms with Gasteiger partial charge < -0.3 is 10.3 Å². The van der Waals surface area contributed by atoms with Crippen LogP contribution in [0, 0.1) is 11.6 Å². The predicted octanol–water partition coefficient (Wildman–Crippen LogP) is 4.87. The van der Waals surface area contributed by atoms with Crippen molar-refractivity contribution in [1.29, 1.82) is 0 Å². The van der Waals surface area contributed by atoms with E-state index in [9.17, 15) is 13.6 Å². The van der Waals surface area contributed by atoms with Crippen molar-refractivity contribution in [1.82, 2.24) is 4.57 Å². The topological polar surface area (TPSA) is 48.0 Å². The number of nitrogens with two attached hydrogens (primary N) is 1. The molecule has 6 heteroatoms. The molecule has 0 aliphatic heterocycles. The van der Waals surface area contributed by atoms with Crippen LogP contribution in [0.4, 0.5) is 8.78 Å². The Kier molecular flexibility index (Phi) is 3.89. The van der Waals surface area contributed by atoms with Gasteiger partial charge in [-0.1, -0.05) is 23.7 Å². The molecule has 1 heterocycles. The summed E-state index contributed by atoms with van der Waals surface area (Å²) < 4.78 is 29.9. The van der Waals surface area contributed by atoms with Crippen LogP contribution < -0.4 is 5.73 Å². The minimum absolute atomic E-state index is 0.138. The van der Waals surface area contributed by atoms with Crippen LogP contribution in [-0.4, -0.2) is 10.5 Å². The number of nitrogens with zero attached hydrogens (tertiary/aromatic N) is 1. The molecule has 0 fully saturated rings. The Morgan fingerprint density at radius 3 is 2.54 bits per heavy atom. The molecular formula is C20H13ClF2N2O. The molecule has 0 atom stereocenters. The highest BCUT2D eigenvalue weighted by Crippen LogP contribution is 2.33. The van der Waals surface area contributed by atoms with Gasteiger partial charge in [-0.25, -0.2) is 8.78 Å². The standard InChI is InChI=1S/C20H13ClF2N2O/c21-15-4-2-5-16(23)14(15)10-25-17-8-7-11(22)9-13(17)19-12(20(24)26)3-1-6-18(19)25/h1-9H,10H2,(H2,24,26). The lowest BCUT2D eigenvalue weighted by molar-refractivity contribution is 0.100. The number of rotatable bonds is 3. The third-order valence-corrected chi connectivity index (χ3v) is 4.85. The van der Waals surface area contributed by atoms with E-state index in [1.54, 1.807) is 34.9 Å². The molecule has 4 rings (SSSR count). The minimum atomic E-state index is -0.608. The van der Waals surface area contributed by atoms with E-state index in [0.29, 0.717) is 32.4 Å². The summed E-state index contributed by atoms with van der Waals surface area (Å²) in [6, 6.07) is 13.8. The Hall–Kier alpha value is -2.92. The van der Waals surface area contributed by atoms with Crippen LogP contribution in [0.25, 0.3) is 21.8 Å². The van der Waals surface area contributed by atoms with Crippen LogP contribution in [0.15, 0.2) is 54.6 Å². The predicted molar refractivity (Wildman–Crippen MR) is 98.4 cm³/mol. The summed E-state index contributed by atoms with van der Waals surface area (Å²) in [6.07, 6.45) is 0. The van der Waals surface area contributed by atoms with E-state index in [1.165, 1.54) is 24.3 Å². The maximum Gasteiger partial charge on any atom is 0.249 e. The minimum Gasteiger partial charge on any atom is -0.366 e. The number of primary amides is 1. The second-order valence-electron chi connectivity index (χ2n) is 6.01. The molecule has 0 aliphatic carbocycles. The number of carbonyl (C=O) groups is 1. The monoisotopic (exact) mass is 370 g/mol. The first-order valence-corrected chi connectivity index (χ1v) is 8.28. The number of halogens is 3. The smallest absolute Gasteiger partial charge is 0.249 e. The van der Waals surface area contributed by atoms with Crippen molar-refractivity contribution in [2.24, 2.45) is 5.73 Å². The molecule has 130 valence electrons. The summed E-state index contributed by atoms with van der Waals surface area (Å²) in [4.78, 5) is 11.9. The van der Waals surface area contributed by atoms with Crippen molar-refractivity contribution in [2.45, 2.75) is 6.54 Å². The van der Waals surface area contributed by atoms with Gasteiger partial charge in [0, 0.05) is 32.4 Å². The number of fused-ring (bicyclic) bond motifs is 3. The lowest BCUT2D eigenvalue weighted by Gasteiger charge is -2.10. The highest BCUT2D eigenvalue weighted by Gasteiger charge is 2.18. The number of amides is 1. The van der Waals surface area contributed by atoms with Crippen molar-refractivity contribution < 1.29 is 13.6 Å². The fourth-order valence-corrected chi connectivity index (χ4v) is 3.56. The van der Waals surface area contributed by atoms with E-state index in [0.717, 1.165) is 0 Å². The number of carbonyl (C=O) groups excluding carboxylic acids is 1. The molecule has 0 aliphatic rings. The lowest BCUT2D eigenvalue weighted by Crippen LogP contribution is -2.11. The van der Waals surface area contributed by atoms with Crippen LogP contribution in [0.3, 0.4) is 0 Å². The molecule has 26 heavy (non-hydrogen) atoms. The first kappa shape index (κ1) is 16.5. The van der Waals surface area contributed by atoms with E-state index in [1.807, 2.05) is 0 Å². The zero-order chi connectivity index (χ0) is 18.4. The summed E-state index contributed by atoms with van der Waals surface area (Å²) in [6.45, 7) is 0.138. The van der Waals surface area contributed by atoms with Gasteiger partial charge >= 0.3 is 0 Å². The van der Waals surface area contributed by atoms with Gasteiger partial charge in [0.05, 0.1) is 12.1 Å². The molecule has 0 unspecified atom stereocenters. The second kappa shape index (κ2) is 6.11. The molecule has 4 aromatic rings. The highest BCUT2D eigenvalue weighted by molar-refractivity contribution is 6.31. The second-order valence-corrected chi connectivity index (χ2v) is 6.42. The van der Waals surface area contributed by atoms with Crippen LogP contribution in [0.5, 0.6) is 0 Å². The Bertz CT molecular complexity index is 1160. The third-order valence-electron chi connectivity index (χ3n) is 4.50. The largest absolute Gasteiger partial charge is 0.366 e. The summed E-state index contributed by atoms with van der Waals surface area (Å²) in [5.41, 5.74) is 7.42. The Morgan fingerprint density at radius 2 is 1.81 bits per heavy atom. The normalized spacial score (nSPS) is 11.3. The first-order chi connectivity index (χ1) is 12.5. The van der Waals surface area contributed by atoms with Gasteiger partial charge in [0.2, 0.25) is 5.91 Å². The molecule has 0 bridgehead atoms. The molecular weight excluding hydrogens is 358 g/mol. The molecule has 3 aromatic carbocycles. The maximum atomic E-state index is 14.3. The summed E-state index contributed by atoms with van der Waals surface area (Å²) in [7, 11) is 0. The van der Waals surface area contributed by atoms with Gasteiger partial charge in [-0.15, -0.1) is 0 Å². The van der Waals surface area contributed by atoms with Crippen molar-refractivity contribution in [2.75, 3.05) is 0 Å². The molecule has 0 radical (unpaired) electrons. The molecule has 1 aromatic heterocycles. The number of hydrogen-bond donors (Lipinski definition) is 1. The molecule has 0 saturated heterocycles. The van der Waals surface area contributed by atoms with Gasteiger partial charge in [-0.2, -0.15) is 0 Å². The average molecular weight is 371 g/mol. The summed E-state index contributed by atoms with van der Waals surface area (Å²) in [5, 5.41) is 1.39. The van der Waals surface area contributed by atoms with Crippen molar-refractivity contribution >= 4 is 39.3 Å². The van der Waals surface area contributed by atoms with Gasteiger partial charge in [0.25, 0.3) is 0 Å². The van der Waals surface area contributed by atoms with E-state index in [-0.39, 0.29) is 12.1 Å².